The van der Waals surface area contributed by atoms with E-state index in [9.17, 15) is 4.79 Å². The third kappa shape index (κ3) is 4.10. The van der Waals surface area contributed by atoms with Gasteiger partial charge in [-0.1, -0.05) is 36.4 Å². The van der Waals surface area contributed by atoms with Gasteiger partial charge in [0, 0.05) is 5.56 Å². The summed E-state index contributed by atoms with van der Waals surface area (Å²) >= 11 is 0. The van der Waals surface area contributed by atoms with Crippen LogP contribution < -0.4 is 5.73 Å². The Labute approximate surface area is 101 Å². The normalized spacial score (nSPS) is 10.4. The summed E-state index contributed by atoms with van der Waals surface area (Å²) in [5.74, 6) is -0.245. The van der Waals surface area contributed by atoms with E-state index in [1.165, 1.54) is 0 Å². The Hall–Kier alpha value is -2.10. The molecule has 1 aromatic rings. The summed E-state index contributed by atoms with van der Waals surface area (Å²) in [6.45, 7) is 2.16. The molecule has 0 radical (unpaired) electrons. The van der Waals surface area contributed by atoms with Crippen LogP contribution in [0, 0.1) is 5.41 Å². The van der Waals surface area contributed by atoms with Gasteiger partial charge in [0.25, 0.3) is 0 Å². The number of nitrogens with two attached hydrogens (primary N) is 1. The number of rotatable bonds is 5. The molecule has 0 aliphatic carbocycles. The largest absolute Gasteiger partial charge is 0.466 e. The van der Waals surface area contributed by atoms with Crippen molar-refractivity contribution in [1.82, 2.24) is 0 Å². The van der Waals surface area contributed by atoms with Crippen molar-refractivity contribution >= 4 is 17.9 Å². The first-order valence-corrected chi connectivity index (χ1v) is 5.40. The first-order valence-electron chi connectivity index (χ1n) is 5.40. The van der Waals surface area contributed by atoms with Crippen LogP contribution in [0.1, 0.15) is 24.5 Å². The molecule has 0 atom stereocenters. The number of carbonyl (C=O) groups is 1. The summed E-state index contributed by atoms with van der Waals surface area (Å²) in [6, 6.07) is 7.29. The first kappa shape index (κ1) is 13.0. The number of esters is 1. The molecule has 0 heterocycles. The lowest BCUT2D eigenvalue weighted by molar-refractivity contribution is -0.142. The molecule has 17 heavy (non-hydrogen) atoms. The van der Waals surface area contributed by atoms with Crippen LogP contribution in [0.2, 0.25) is 0 Å². The van der Waals surface area contributed by atoms with Gasteiger partial charge in [-0.15, -0.1) is 0 Å². The van der Waals surface area contributed by atoms with Crippen LogP contribution in [-0.2, 0) is 9.53 Å². The minimum absolute atomic E-state index is 0.0152. The fourth-order valence-corrected chi connectivity index (χ4v) is 1.39. The van der Waals surface area contributed by atoms with E-state index in [0.29, 0.717) is 12.2 Å². The summed E-state index contributed by atoms with van der Waals surface area (Å²) in [5, 5.41) is 7.41. The smallest absolute Gasteiger partial charge is 0.309 e. The van der Waals surface area contributed by atoms with E-state index >= 15 is 0 Å². The second-order valence-electron chi connectivity index (χ2n) is 3.41. The maximum Gasteiger partial charge on any atom is 0.309 e. The number of hydrogen-bond acceptors (Lipinski definition) is 3. The highest BCUT2D eigenvalue weighted by molar-refractivity contribution is 5.98. The Morgan fingerprint density at radius 3 is 2.82 bits per heavy atom. The average Bonchev–Trinajstić information content (AvgIpc) is 2.30. The summed E-state index contributed by atoms with van der Waals surface area (Å²) in [7, 11) is 0. The topological polar surface area (TPSA) is 76.2 Å². The van der Waals surface area contributed by atoms with Gasteiger partial charge in [-0.3, -0.25) is 10.2 Å². The third-order valence-corrected chi connectivity index (χ3v) is 2.14. The minimum Gasteiger partial charge on any atom is -0.466 e. The molecule has 0 aromatic heterocycles. The molecular weight excluding hydrogens is 216 g/mol. The van der Waals surface area contributed by atoms with Gasteiger partial charge < -0.3 is 10.5 Å². The second-order valence-corrected chi connectivity index (χ2v) is 3.41. The highest BCUT2D eigenvalue weighted by Gasteiger charge is 2.01. The van der Waals surface area contributed by atoms with E-state index in [1.807, 2.05) is 18.2 Å². The zero-order valence-electron chi connectivity index (χ0n) is 9.77. The van der Waals surface area contributed by atoms with E-state index in [2.05, 4.69) is 0 Å². The molecule has 0 fully saturated rings. The van der Waals surface area contributed by atoms with Crippen molar-refractivity contribution in [2.45, 2.75) is 13.3 Å². The lowest BCUT2D eigenvalue weighted by Gasteiger charge is -2.03. The molecule has 0 saturated heterocycles. The van der Waals surface area contributed by atoms with Gasteiger partial charge in [-0.05, 0) is 12.5 Å². The van der Waals surface area contributed by atoms with E-state index in [0.717, 1.165) is 5.56 Å². The molecule has 0 spiro atoms. The molecule has 0 amide bonds. The molecule has 4 nitrogen and oxygen atoms in total. The van der Waals surface area contributed by atoms with Crippen LogP contribution in [-0.4, -0.2) is 18.4 Å². The van der Waals surface area contributed by atoms with Crippen molar-refractivity contribution in [2.75, 3.05) is 6.61 Å². The van der Waals surface area contributed by atoms with Gasteiger partial charge in [0.15, 0.2) is 0 Å². The minimum atomic E-state index is -0.260. The van der Waals surface area contributed by atoms with Crippen molar-refractivity contribution in [3.8, 4) is 0 Å². The van der Waals surface area contributed by atoms with Crippen LogP contribution in [0.5, 0.6) is 0 Å². The summed E-state index contributed by atoms with van der Waals surface area (Å²) in [4.78, 5) is 11.1. The van der Waals surface area contributed by atoms with Crippen LogP contribution in [0.25, 0.3) is 6.08 Å². The molecule has 4 heteroatoms. The summed E-state index contributed by atoms with van der Waals surface area (Å²) < 4.78 is 4.80. The number of hydrogen-bond donors (Lipinski definition) is 2. The molecule has 1 rings (SSSR count). The van der Waals surface area contributed by atoms with Crippen molar-refractivity contribution in [2.24, 2.45) is 5.73 Å². The van der Waals surface area contributed by atoms with Crippen molar-refractivity contribution < 1.29 is 9.53 Å². The molecule has 0 aliphatic rings. The predicted molar refractivity (Wildman–Crippen MR) is 67.7 cm³/mol. The number of amidine groups is 1. The van der Waals surface area contributed by atoms with Gasteiger partial charge in [0.2, 0.25) is 0 Å². The molecule has 0 saturated carbocycles. The highest BCUT2D eigenvalue weighted by Crippen LogP contribution is 2.10. The van der Waals surface area contributed by atoms with Crippen molar-refractivity contribution in [3.05, 3.63) is 41.5 Å². The van der Waals surface area contributed by atoms with Crippen molar-refractivity contribution in [1.29, 1.82) is 5.41 Å². The maximum atomic E-state index is 11.1. The fraction of sp³-hybridized carbons (Fsp3) is 0.231. The predicted octanol–water partition coefficient (Wildman–Crippen LogP) is 1.94. The summed E-state index contributed by atoms with van der Waals surface area (Å²) in [6.07, 6.45) is 3.70. The first-order chi connectivity index (χ1) is 8.15. The maximum absolute atomic E-state index is 11.1. The number of benzene rings is 1. The Morgan fingerprint density at radius 2 is 2.18 bits per heavy atom. The monoisotopic (exact) mass is 232 g/mol. The Morgan fingerprint density at radius 1 is 1.47 bits per heavy atom. The van der Waals surface area contributed by atoms with Gasteiger partial charge >= 0.3 is 5.97 Å². The Bertz CT molecular complexity index is 439. The lowest BCUT2D eigenvalue weighted by Crippen LogP contribution is -2.12. The molecule has 90 valence electrons. The van der Waals surface area contributed by atoms with E-state index in [4.69, 9.17) is 15.9 Å². The molecular formula is C13H16N2O2. The lowest BCUT2D eigenvalue weighted by atomic mass is 10.1. The quantitative estimate of drug-likeness (QED) is 0.462. The number of nitrogen functional groups attached to an aromatic ring is 1. The second kappa shape index (κ2) is 6.48. The molecule has 1 aromatic carbocycles. The SMILES string of the molecule is CCOC(=O)CC=Cc1ccccc1C(=N)N. The van der Waals surface area contributed by atoms with E-state index in [1.54, 1.807) is 25.1 Å². The molecule has 0 aliphatic heterocycles. The molecule has 0 unspecified atom stereocenters. The third-order valence-electron chi connectivity index (χ3n) is 2.14. The van der Waals surface area contributed by atoms with Gasteiger partial charge in [-0.25, -0.2) is 0 Å². The zero-order chi connectivity index (χ0) is 12.7. The van der Waals surface area contributed by atoms with E-state index < -0.39 is 0 Å². The fourth-order valence-electron chi connectivity index (χ4n) is 1.39. The standard InChI is InChI=1S/C13H16N2O2/c1-2-17-12(16)9-5-7-10-6-3-4-8-11(10)13(14)15/h3-8H,2,9H2,1H3,(H3,14,15). The summed E-state index contributed by atoms with van der Waals surface area (Å²) in [5.41, 5.74) is 6.93. The zero-order valence-corrected chi connectivity index (χ0v) is 9.77. The number of nitrogens with one attached hydrogen (secondary N) is 1. The Kier molecular flexibility index (Phi) is 4.94. The molecule has 3 N–H and O–H groups in total. The Balaban J connectivity index is 2.71. The van der Waals surface area contributed by atoms with Crippen LogP contribution in [0.3, 0.4) is 0 Å². The highest BCUT2D eigenvalue weighted by atomic mass is 16.5. The van der Waals surface area contributed by atoms with Gasteiger partial charge in [-0.2, -0.15) is 0 Å². The van der Waals surface area contributed by atoms with Crippen LogP contribution in [0.4, 0.5) is 0 Å². The van der Waals surface area contributed by atoms with Crippen LogP contribution in [0.15, 0.2) is 30.3 Å². The van der Waals surface area contributed by atoms with E-state index in [-0.39, 0.29) is 18.2 Å². The number of carbonyl (C=O) groups excluding carboxylic acids is 1. The number of ether oxygens (including phenoxy) is 1. The van der Waals surface area contributed by atoms with Crippen molar-refractivity contribution in [3.63, 3.8) is 0 Å². The van der Waals surface area contributed by atoms with Gasteiger partial charge in [0.1, 0.15) is 5.84 Å². The van der Waals surface area contributed by atoms with Crippen LogP contribution >= 0.6 is 0 Å². The van der Waals surface area contributed by atoms with Gasteiger partial charge in [0.05, 0.1) is 13.0 Å². The average molecular weight is 232 g/mol. The molecule has 0 bridgehead atoms.